The Hall–Kier alpha value is -10.6. The van der Waals surface area contributed by atoms with Crippen molar-refractivity contribution in [3.63, 3.8) is 0 Å². The van der Waals surface area contributed by atoms with Crippen LogP contribution in [0, 0.1) is 0 Å². The van der Waals surface area contributed by atoms with E-state index in [1.54, 1.807) is 11.3 Å². The van der Waals surface area contributed by atoms with Gasteiger partial charge >= 0.3 is 0 Å². The van der Waals surface area contributed by atoms with Crippen molar-refractivity contribution in [1.29, 1.82) is 0 Å². The van der Waals surface area contributed by atoms with Crippen molar-refractivity contribution in [2.75, 3.05) is 0 Å². The maximum absolute atomic E-state index is 6.60. The first kappa shape index (κ1) is 47.8. The molecule has 8 heterocycles. The Morgan fingerprint density at radius 1 is 0.279 bits per heavy atom. The molecule has 0 unspecified atom stereocenters. The maximum atomic E-state index is 6.60. The Bertz CT molecular complexity index is 5850. The van der Waals surface area contributed by atoms with E-state index in [-0.39, 0.29) is 0 Å². The van der Waals surface area contributed by atoms with Gasteiger partial charge in [-0.1, -0.05) is 188 Å². The molecule has 0 N–H and O–H groups in total. The lowest BCUT2D eigenvalue weighted by atomic mass is 10.1. The van der Waals surface area contributed by atoms with E-state index in [0.717, 1.165) is 88.2 Å². The van der Waals surface area contributed by atoms with Crippen molar-refractivity contribution in [1.82, 2.24) is 29.1 Å². The van der Waals surface area contributed by atoms with Crippen molar-refractivity contribution in [2.24, 2.45) is 0 Å². The fraction of sp³-hybridized carbons (Fsp3) is 0. The molecule has 0 amide bonds. The lowest BCUT2D eigenvalue weighted by Gasteiger charge is -2.12. The number of rotatable bonds is 4. The minimum absolute atomic E-state index is 0.660. The number of thiophene rings is 3. The van der Waals surface area contributed by atoms with Crippen LogP contribution in [0.25, 0.3) is 182 Å². The van der Waals surface area contributed by atoms with Crippen LogP contribution in [0.4, 0.5) is 0 Å². The Kier molecular flexibility index (Phi) is 10.3. The van der Waals surface area contributed by atoms with Gasteiger partial charge in [0.2, 0.25) is 11.9 Å². The average Bonchev–Trinajstić information content (AvgIpc) is 1.63. The van der Waals surface area contributed by atoms with Crippen molar-refractivity contribution in [3.05, 3.63) is 255 Å². The molecule has 0 bridgehead atoms. The smallest absolute Gasteiger partial charge is 0.235 e. The summed E-state index contributed by atoms with van der Waals surface area (Å²) in [5.74, 6) is 1.35. The van der Waals surface area contributed by atoms with Crippen LogP contribution in [-0.2, 0) is 0 Å². The molecule has 20 aromatic rings. The lowest BCUT2D eigenvalue weighted by molar-refractivity contribution is 0.673. The number of fused-ring (bicyclic) bond motifs is 24. The monoisotopic (exact) mass is 1150 g/mol. The van der Waals surface area contributed by atoms with Gasteiger partial charge in [-0.2, -0.15) is 0 Å². The molecular formula is C76H42N6OS3. The van der Waals surface area contributed by atoms with Crippen LogP contribution in [0.5, 0.6) is 0 Å². The van der Waals surface area contributed by atoms with Gasteiger partial charge in [0.25, 0.3) is 0 Å². The van der Waals surface area contributed by atoms with E-state index in [9.17, 15) is 0 Å². The minimum atomic E-state index is 0.660. The van der Waals surface area contributed by atoms with Gasteiger partial charge in [0.15, 0.2) is 0 Å². The third kappa shape index (κ3) is 6.94. The summed E-state index contributed by atoms with van der Waals surface area (Å²) in [7, 11) is 0. The standard InChI is InChI=1S/C38H21N3OS.C38H21N3S2/c1-2-10-22(11-3-1)35-27-14-4-7-15-28(27)39-38(40-35)41-29-16-8-5-12-23(29)25-18-20-31-33(36(25)41)34-32(43-31)21-19-26-24-13-6-9-17-30(24)42-37(26)34;1-2-10-22(11-3-1)35-27-14-4-7-15-28(27)39-38(40-35)41-29-16-8-5-12-23(29)25-18-20-31-33(36(25)41)34-32(42-31)21-19-26-24-13-6-9-17-30(24)43-37(26)34/h2*1-21H. The van der Waals surface area contributed by atoms with E-state index >= 15 is 0 Å². The highest BCUT2D eigenvalue weighted by Gasteiger charge is 2.26. The van der Waals surface area contributed by atoms with Crippen molar-refractivity contribution < 1.29 is 4.42 Å². The normalized spacial score (nSPS) is 12.2. The van der Waals surface area contributed by atoms with Gasteiger partial charge in [-0.15, -0.1) is 34.0 Å². The Balaban J connectivity index is 0.000000126. The highest BCUT2D eigenvalue weighted by atomic mass is 32.1. The molecular weight excluding hydrogens is 1110 g/mol. The predicted molar refractivity (Wildman–Crippen MR) is 365 cm³/mol. The summed E-state index contributed by atoms with van der Waals surface area (Å²) >= 11 is 5.57. The third-order valence-electron chi connectivity index (χ3n) is 17.2. The molecule has 0 saturated heterocycles. The fourth-order valence-corrected chi connectivity index (χ4v) is 17.1. The molecule has 20 rings (SSSR count). The molecule has 400 valence electrons. The molecule has 86 heavy (non-hydrogen) atoms. The number of hydrogen-bond donors (Lipinski definition) is 0. The first-order valence-corrected chi connectivity index (χ1v) is 31.1. The Morgan fingerprint density at radius 2 is 0.709 bits per heavy atom. The summed E-state index contributed by atoms with van der Waals surface area (Å²) in [6.45, 7) is 0. The molecule has 0 saturated carbocycles. The number of furan rings is 1. The number of benzene rings is 12. The zero-order valence-corrected chi connectivity index (χ0v) is 48.0. The van der Waals surface area contributed by atoms with E-state index in [2.05, 4.69) is 240 Å². The number of aromatic nitrogens is 6. The van der Waals surface area contributed by atoms with Crippen LogP contribution in [-0.4, -0.2) is 29.1 Å². The average molecular weight is 1150 g/mol. The maximum Gasteiger partial charge on any atom is 0.235 e. The number of nitrogens with zero attached hydrogens (tertiary/aromatic N) is 6. The second kappa shape index (κ2) is 18.4. The number of para-hydroxylation sites is 5. The van der Waals surface area contributed by atoms with Gasteiger partial charge in [0.05, 0.1) is 44.5 Å². The molecule has 0 aliphatic carbocycles. The molecule has 0 spiro atoms. The molecule has 8 aromatic heterocycles. The van der Waals surface area contributed by atoms with Crippen molar-refractivity contribution >= 4 is 182 Å². The van der Waals surface area contributed by atoms with Gasteiger partial charge in [-0.05, 0) is 66.7 Å². The predicted octanol–water partition coefficient (Wildman–Crippen LogP) is 21.8. The van der Waals surface area contributed by atoms with Crippen molar-refractivity contribution in [2.45, 2.75) is 0 Å². The van der Waals surface area contributed by atoms with Crippen LogP contribution in [0.1, 0.15) is 0 Å². The molecule has 0 radical (unpaired) electrons. The summed E-state index contributed by atoms with van der Waals surface area (Å²) in [6, 6.07) is 89.9. The molecule has 12 aromatic carbocycles. The van der Waals surface area contributed by atoms with E-state index < -0.39 is 0 Å². The summed E-state index contributed by atoms with van der Waals surface area (Å²) in [5, 5.41) is 16.7. The molecule has 0 fully saturated rings. The second-order valence-corrected chi connectivity index (χ2v) is 25.1. The molecule has 10 heteroatoms. The summed E-state index contributed by atoms with van der Waals surface area (Å²) < 4.78 is 18.8. The highest BCUT2D eigenvalue weighted by molar-refractivity contribution is 7.30. The van der Waals surface area contributed by atoms with Gasteiger partial charge < -0.3 is 4.42 Å². The van der Waals surface area contributed by atoms with Crippen LogP contribution in [0.15, 0.2) is 259 Å². The fourth-order valence-electron chi connectivity index (χ4n) is 13.5. The summed E-state index contributed by atoms with van der Waals surface area (Å²) in [5.41, 5.74) is 12.2. The molecule has 0 atom stereocenters. The van der Waals surface area contributed by atoms with Gasteiger partial charge in [0, 0.05) is 115 Å². The first-order valence-electron chi connectivity index (χ1n) is 28.7. The molecule has 0 aliphatic rings. The lowest BCUT2D eigenvalue weighted by Crippen LogP contribution is -2.03. The van der Waals surface area contributed by atoms with E-state index in [1.807, 2.05) is 46.9 Å². The van der Waals surface area contributed by atoms with E-state index in [0.29, 0.717) is 11.9 Å². The van der Waals surface area contributed by atoms with E-state index in [1.165, 1.54) is 82.2 Å². The van der Waals surface area contributed by atoms with Gasteiger partial charge in [-0.25, -0.2) is 19.9 Å². The largest absolute Gasteiger partial charge is 0.455 e. The Morgan fingerprint density at radius 3 is 1.29 bits per heavy atom. The quantitative estimate of drug-likeness (QED) is 0.176. The molecule has 0 aliphatic heterocycles. The van der Waals surface area contributed by atoms with Crippen molar-refractivity contribution in [3.8, 4) is 34.4 Å². The van der Waals surface area contributed by atoms with Gasteiger partial charge in [-0.3, -0.25) is 9.13 Å². The number of hydrogen-bond acceptors (Lipinski definition) is 8. The van der Waals surface area contributed by atoms with Crippen LogP contribution in [0.3, 0.4) is 0 Å². The van der Waals surface area contributed by atoms with Crippen LogP contribution >= 0.6 is 34.0 Å². The van der Waals surface area contributed by atoms with Crippen LogP contribution in [0.2, 0.25) is 0 Å². The summed E-state index contributed by atoms with van der Waals surface area (Å²) in [6.07, 6.45) is 0. The first-order chi connectivity index (χ1) is 42.7. The topological polar surface area (TPSA) is 74.6 Å². The Labute approximate surface area is 501 Å². The molecule has 7 nitrogen and oxygen atoms in total. The zero-order chi connectivity index (χ0) is 56.1. The van der Waals surface area contributed by atoms with Gasteiger partial charge in [0.1, 0.15) is 11.2 Å². The second-order valence-electron chi connectivity index (χ2n) is 21.9. The summed E-state index contributed by atoms with van der Waals surface area (Å²) in [4.78, 5) is 21.1. The van der Waals surface area contributed by atoms with Crippen LogP contribution < -0.4 is 0 Å². The third-order valence-corrected chi connectivity index (χ3v) is 20.7. The zero-order valence-electron chi connectivity index (χ0n) is 45.6. The SMILES string of the molecule is c1ccc(-c2nc(-n3c4ccccc4c4ccc5sc6ccc7c8ccccc8oc7c6c5c43)nc3ccccc23)cc1.c1ccc(-c2nc(-n3c4ccccc4c4ccc5sc6ccc7c8ccccc8sc7c6c5c43)nc3ccccc23)cc1. The van der Waals surface area contributed by atoms with E-state index in [4.69, 9.17) is 24.4 Å². The minimum Gasteiger partial charge on any atom is -0.455 e. The highest BCUT2D eigenvalue weighted by Crippen LogP contribution is 2.50.